The van der Waals surface area contributed by atoms with E-state index in [0.717, 1.165) is 10.0 Å². The highest BCUT2D eigenvalue weighted by atomic mass is 79.9. The zero-order valence-electron chi connectivity index (χ0n) is 10.3. The summed E-state index contributed by atoms with van der Waals surface area (Å²) in [5, 5.41) is 21.2. The Hall–Kier alpha value is -1.43. The van der Waals surface area contributed by atoms with Crippen LogP contribution in [-0.2, 0) is 6.42 Å². The molecule has 0 aliphatic rings. The van der Waals surface area contributed by atoms with Gasteiger partial charge in [-0.2, -0.15) is 0 Å². The van der Waals surface area contributed by atoms with Crippen molar-refractivity contribution in [1.29, 1.82) is 0 Å². The molecule has 0 radical (unpaired) electrons. The van der Waals surface area contributed by atoms with E-state index in [2.05, 4.69) is 15.9 Å². The van der Waals surface area contributed by atoms with Crippen molar-refractivity contribution < 1.29 is 10.0 Å². The molecular formula is C14H11BrClNO3. The molecule has 0 aromatic heterocycles. The number of aliphatic hydroxyl groups excluding tert-OH is 1. The monoisotopic (exact) mass is 355 g/mol. The van der Waals surface area contributed by atoms with Gasteiger partial charge in [0.1, 0.15) is 0 Å². The van der Waals surface area contributed by atoms with Crippen LogP contribution in [0, 0.1) is 10.1 Å². The van der Waals surface area contributed by atoms with Crippen LogP contribution in [0.4, 0.5) is 5.69 Å². The summed E-state index contributed by atoms with van der Waals surface area (Å²) in [5.41, 5.74) is 1.47. The smallest absolute Gasteiger partial charge is 0.269 e. The fourth-order valence-electron chi connectivity index (χ4n) is 1.86. The molecule has 2 aromatic rings. The average molecular weight is 357 g/mol. The fourth-order valence-corrected chi connectivity index (χ4v) is 2.66. The number of aliphatic hydroxyl groups is 1. The van der Waals surface area contributed by atoms with Gasteiger partial charge < -0.3 is 5.11 Å². The number of hydrogen-bond donors (Lipinski definition) is 1. The van der Waals surface area contributed by atoms with Crippen LogP contribution in [0.3, 0.4) is 0 Å². The highest BCUT2D eigenvalue weighted by Crippen LogP contribution is 2.28. The largest absolute Gasteiger partial charge is 0.388 e. The van der Waals surface area contributed by atoms with Gasteiger partial charge in [-0.15, -0.1) is 0 Å². The Kier molecular flexibility index (Phi) is 4.75. The number of nitrogens with zero attached hydrogens (tertiary/aromatic N) is 1. The first kappa shape index (κ1) is 15.0. The maximum absolute atomic E-state index is 10.6. The van der Waals surface area contributed by atoms with Crippen LogP contribution >= 0.6 is 27.5 Å². The van der Waals surface area contributed by atoms with Gasteiger partial charge in [0.05, 0.1) is 11.0 Å². The molecule has 0 aliphatic heterocycles. The van der Waals surface area contributed by atoms with Crippen LogP contribution in [0.2, 0.25) is 5.02 Å². The van der Waals surface area contributed by atoms with Crippen LogP contribution < -0.4 is 0 Å². The Morgan fingerprint density at radius 2 is 1.90 bits per heavy atom. The van der Waals surface area contributed by atoms with Gasteiger partial charge in [-0.05, 0) is 23.3 Å². The summed E-state index contributed by atoms with van der Waals surface area (Å²) in [6.45, 7) is 0. The van der Waals surface area contributed by atoms with Crippen molar-refractivity contribution in [2.24, 2.45) is 0 Å². The number of benzene rings is 2. The molecular weight excluding hydrogens is 346 g/mol. The van der Waals surface area contributed by atoms with E-state index in [4.69, 9.17) is 11.6 Å². The minimum Gasteiger partial charge on any atom is -0.388 e. The summed E-state index contributed by atoms with van der Waals surface area (Å²) in [7, 11) is 0. The van der Waals surface area contributed by atoms with Gasteiger partial charge in [0, 0.05) is 28.0 Å². The molecule has 0 fully saturated rings. The molecule has 0 aliphatic carbocycles. The molecule has 0 bridgehead atoms. The van der Waals surface area contributed by atoms with E-state index >= 15 is 0 Å². The third kappa shape index (κ3) is 3.56. The summed E-state index contributed by atoms with van der Waals surface area (Å²) in [4.78, 5) is 10.1. The molecule has 6 heteroatoms. The number of rotatable bonds is 4. The molecule has 0 heterocycles. The maximum atomic E-state index is 10.6. The van der Waals surface area contributed by atoms with Gasteiger partial charge >= 0.3 is 0 Å². The number of nitro benzene ring substituents is 1. The van der Waals surface area contributed by atoms with Gasteiger partial charge in [0.2, 0.25) is 0 Å². The van der Waals surface area contributed by atoms with Crippen molar-refractivity contribution in [3.05, 3.63) is 73.2 Å². The summed E-state index contributed by atoms with van der Waals surface area (Å²) < 4.78 is 0.841. The van der Waals surface area contributed by atoms with Gasteiger partial charge in [-0.25, -0.2) is 0 Å². The third-order valence-corrected chi connectivity index (χ3v) is 3.72. The Balaban J connectivity index is 2.14. The molecule has 2 rings (SSSR count). The van der Waals surface area contributed by atoms with E-state index < -0.39 is 11.0 Å². The third-order valence-electron chi connectivity index (χ3n) is 2.90. The highest BCUT2D eigenvalue weighted by Gasteiger charge is 2.13. The molecule has 0 saturated carbocycles. The van der Waals surface area contributed by atoms with Gasteiger partial charge in [-0.3, -0.25) is 10.1 Å². The van der Waals surface area contributed by atoms with E-state index in [-0.39, 0.29) is 5.69 Å². The molecule has 0 spiro atoms. The minimum atomic E-state index is -0.753. The lowest BCUT2D eigenvalue weighted by Gasteiger charge is -2.13. The summed E-state index contributed by atoms with van der Waals surface area (Å²) in [6, 6.07) is 11.4. The first-order valence-corrected chi connectivity index (χ1v) is 7.01. The van der Waals surface area contributed by atoms with Crippen LogP contribution in [-0.4, -0.2) is 10.0 Å². The van der Waals surface area contributed by atoms with Crippen molar-refractivity contribution >= 4 is 33.2 Å². The van der Waals surface area contributed by atoms with Gasteiger partial charge in [0.25, 0.3) is 5.69 Å². The van der Waals surface area contributed by atoms with E-state index in [1.54, 1.807) is 30.3 Å². The lowest BCUT2D eigenvalue weighted by molar-refractivity contribution is -0.384. The standard InChI is InChI=1S/C14H11BrClNO3/c15-10-3-6-12(13(16)8-10)14(18)7-9-1-4-11(5-2-9)17(19)20/h1-6,8,14,18H,7H2. The second-order valence-electron chi connectivity index (χ2n) is 4.31. The topological polar surface area (TPSA) is 63.4 Å². The Morgan fingerprint density at radius 1 is 1.25 bits per heavy atom. The predicted molar refractivity (Wildman–Crippen MR) is 80.9 cm³/mol. The number of hydrogen-bond acceptors (Lipinski definition) is 3. The SMILES string of the molecule is O=[N+]([O-])c1ccc(CC(O)c2ccc(Br)cc2Cl)cc1. The van der Waals surface area contributed by atoms with Crippen molar-refractivity contribution in [2.45, 2.75) is 12.5 Å². The van der Waals surface area contributed by atoms with E-state index in [1.165, 1.54) is 12.1 Å². The quantitative estimate of drug-likeness (QED) is 0.656. The van der Waals surface area contributed by atoms with Crippen molar-refractivity contribution in [3.63, 3.8) is 0 Å². The van der Waals surface area contributed by atoms with Crippen molar-refractivity contribution in [2.75, 3.05) is 0 Å². The predicted octanol–water partition coefficient (Wildman–Crippen LogP) is 4.29. The summed E-state index contributed by atoms with van der Waals surface area (Å²) >= 11 is 9.38. The lowest BCUT2D eigenvalue weighted by Crippen LogP contribution is -2.02. The van der Waals surface area contributed by atoms with Gasteiger partial charge in [-0.1, -0.05) is 45.7 Å². The highest BCUT2D eigenvalue weighted by molar-refractivity contribution is 9.10. The van der Waals surface area contributed by atoms with Crippen LogP contribution in [0.25, 0.3) is 0 Å². The second-order valence-corrected chi connectivity index (χ2v) is 5.63. The molecule has 1 unspecified atom stereocenters. The van der Waals surface area contributed by atoms with Crippen molar-refractivity contribution in [1.82, 2.24) is 0 Å². The Labute approximate surface area is 129 Å². The fraction of sp³-hybridized carbons (Fsp3) is 0.143. The zero-order valence-corrected chi connectivity index (χ0v) is 12.6. The molecule has 20 heavy (non-hydrogen) atoms. The molecule has 2 aromatic carbocycles. The van der Waals surface area contributed by atoms with E-state index in [9.17, 15) is 15.2 Å². The lowest BCUT2D eigenvalue weighted by atomic mass is 10.0. The molecule has 0 amide bonds. The number of nitro groups is 1. The van der Waals surface area contributed by atoms with Gasteiger partial charge in [0.15, 0.2) is 0 Å². The minimum absolute atomic E-state index is 0.0323. The number of halogens is 2. The molecule has 1 N–H and O–H groups in total. The molecule has 4 nitrogen and oxygen atoms in total. The Morgan fingerprint density at radius 3 is 2.45 bits per heavy atom. The van der Waals surface area contributed by atoms with E-state index in [1.807, 2.05) is 0 Å². The number of non-ortho nitro benzene ring substituents is 1. The average Bonchev–Trinajstić information content (AvgIpc) is 2.39. The summed E-state index contributed by atoms with van der Waals surface area (Å²) in [5.74, 6) is 0. The first-order valence-electron chi connectivity index (χ1n) is 5.83. The Bertz CT molecular complexity index is 631. The molecule has 0 saturated heterocycles. The maximum Gasteiger partial charge on any atom is 0.269 e. The first-order chi connectivity index (χ1) is 9.47. The van der Waals surface area contributed by atoms with Crippen LogP contribution in [0.15, 0.2) is 46.9 Å². The second kappa shape index (κ2) is 6.35. The molecule has 1 atom stereocenters. The van der Waals surface area contributed by atoms with Crippen LogP contribution in [0.5, 0.6) is 0 Å². The van der Waals surface area contributed by atoms with Crippen molar-refractivity contribution in [3.8, 4) is 0 Å². The molecule has 104 valence electrons. The normalized spacial score (nSPS) is 12.2. The zero-order chi connectivity index (χ0) is 14.7. The van der Waals surface area contributed by atoms with Crippen LogP contribution in [0.1, 0.15) is 17.2 Å². The summed E-state index contributed by atoms with van der Waals surface area (Å²) in [6.07, 6.45) is -0.406. The van der Waals surface area contributed by atoms with E-state index in [0.29, 0.717) is 17.0 Å².